The Morgan fingerprint density at radius 3 is 2.75 bits per heavy atom. The Hall–Kier alpha value is -2.84. The number of hydrogen-bond donors (Lipinski definition) is 0. The Balaban J connectivity index is 1.25. The molecule has 1 aliphatic carbocycles. The topological polar surface area (TPSA) is 71.2 Å². The molecular weight excluding hydrogens is 420 g/mol. The van der Waals surface area contributed by atoms with Gasteiger partial charge in [-0.25, -0.2) is 9.97 Å². The Labute approximate surface area is 191 Å². The number of nitrogens with zero attached hydrogens (tertiary/aromatic N) is 6. The highest BCUT2D eigenvalue weighted by Crippen LogP contribution is 2.39. The van der Waals surface area contributed by atoms with Crippen molar-refractivity contribution >= 4 is 27.4 Å². The third-order valence-corrected chi connectivity index (χ3v) is 7.15. The number of hydrogen-bond acceptors (Lipinski definition) is 8. The normalized spacial score (nSPS) is 17.7. The third-order valence-electron chi connectivity index (χ3n) is 6.27. The zero-order chi connectivity index (χ0) is 21.5. The molecule has 0 amide bonds. The molecule has 0 radical (unpaired) electrons. The monoisotopic (exact) mass is 446 g/mol. The summed E-state index contributed by atoms with van der Waals surface area (Å²) in [5, 5.41) is 7.60. The molecule has 2 fully saturated rings. The Bertz CT molecular complexity index is 1230. The maximum Gasteiger partial charge on any atom is 0.229 e. The number of aryl methyl sites for hydroxylation is 1. The van der Waals surface area contributed by atoms with Crippen LogP contribution in [-0.2, 0) is 6.54 Å². The molecule has 1 aliphatic heterocycles. The van der Waals surface area contributed by atoms with E-state index in [0.717, 1.165) is 67.3 Å². The summed E-state index contributed by atoms with van der Waals surface area (Å²) in [6.45, 7) is 6.60. The number of anilines is 1. The lowest BCUT2D eigenvalue weighted by Gasteiger charge is -2.23. The van der Waals surface area contributed by atoms with Crippen LogP contribution in [-0.4, -0.2) is 51.2 Å². The third kappa shape index (κ3) is 3.89. The van der Waals surface area contributed by atoms with Gasteiger partial charge in [-0.1, -0.05) is 35.5 Å². The van der Waals surface area contributed by atoms with Crippen LogP contribution in [0.15, 0.2) is 40.2 Å². The van der Waals surface area contributed by atoms with Crippen molar-refractivity contribution in [3.05, 3.63) is 53.3 Å². The molecule has 32 heavy (non-hydrogen) atoms. The van der Waals surface area contributed by atoms with Gasteiger partial charge in [-0.3, -0.25) is 4.90 Å². The van der Waals surface area contributed by atoms with Crippen molar-refractivity contribution < 1.29 is 4.52 Å². The van der Waals surface area contributed by atoms with E-state index in [2.05, 4.69) is 55.7 Å². The smallest absolute Gasteiger partial charge is 0.229 e. The standard InChI is InChI=1S/C24H26N6OS/c1-16-25-22(21-19(15-32-24(21)26-16)17-6-3-2-4-7-17)30-11-5-10-29(12-13-30)14-20-27-23(31-28-20)18-8-9-18/h2-4,6-7,15,18H,5,8-14H2,1H3. The fraction of sp³-hybridized carbons (Fsp3) is 0.417. The lowest BCUT2D eigenvalue weighted by Crippen LogP contribution is -2.31. The van der Waals surface area contributed by atoms with E-state index in [1.807, 2.05) is 6.92 Å². The molecular formula is C24H26N6OS. The van der Waals surface area contributed by atoms with Gasteiger partial charge >= 0.3 is 0 Å². The van der Waals surface area contributed by atoms with Gasteiger partial charge in [0.2, 0.25) is 5.89 Å². The zero-order valence-electron chi connectivity index (χ0n) is 18.2. The first-order valence-corrected chi connectivity index (χ1v) is 12.2. The van der Waals surface area contributed by atoms with E-state index >= 15 is 0 Å². The number of thiophene rings is 1. The highest BCUT2D eigenvalue weighted by atomic mass is 32.1. The molecule has 4 heterocycles. The lowest BCUT2D eigenvalue weighted by molar-refractivity contribution is 0.271. The predicted molar refractivity (Wildman–Crippen MR) is 126 cm³/mol. The van der Waals surface area contributed by atoms with Crippen LogP contribution >= 0.6 is 11.3 Å². The molecule has 1 aromatic carbocycles. The van der Waals surface area contributed by atoms with Gasteiger partial charge in [0.15, 0.2) is 5.82 Å². The van der Waals surface area contributed by atoms with Gasteiger partial charge in [0, 0.05) is 43.0 Å². The van der Waals surface area contributed by atoms with Gasteiger partial charge in [0.1, 0.15) is 16.5 Å². The fourth-order valence-corrected chi connectivity index (χ4v) is 5.44. The van der Waals surface area contributed by atoms with Crippen LogP contribution in [0.4, 0.5) is 5.82 Å². The molecule has 0 unspecified atom stereocenters. The van der Waals surface area contributed by atoms with Crippen molar-refractivity contribution in [2.24, 2.45) is 0 Å². The molecule has 2 aliphatic rings. The number of aromatic nitrogens is 4. The maximum absolute atomic E-state index is 5.45. The van der Waals surface area contributed by atoms with E-state index in [-0.39, 0.29) is 0 Å². The average Bonchev–Trinajstić information content (AvgIpc) is 3.48. The van der Waals surface area contributed by atoms with E-state index in [1.165, 1.54) is 29.4 Å². The summed E-state index contributed by atoms with van der Waals surface area (Å²) in [6, 6.07) is 10.6. The molecule has 1 saturated carbocycles. The lowest BCUT2D eigenvalue weighted by atomic mass is 10.1. The van der Waals surface area contributed by atoms with Gasteiger partial charge in [0.05, 0.1) is 11.9 Å². The van der Waals surface area contributed by atoms with E-state index in [0.29, 0.717) is 5.92 Å². The summed E-state index contributed by atoms with van der Waals surface area (Å²) in [4.78, 5) is 20.2. The van der Waals surface area contributed by atoms with Crippen LogP contribution in [0, 0.1) is 6.92 Å². The van der Waals surface area contributed by atoms with Crippen molar-refractivity contribution in [3.8, 4) is 11.1 Å². The number of rotatable bonds is 5. The van der Waals surface area contributed by atoms with Crippen molar-refractivity contribution in [2.45, 2.75) is 38.6 Å². The SMILES string of the molecule is Cc1nc(N2CCCN(Cc3noc(C4CC4)n3)CC2)c2c(-c3ccccc3)csc2n1. The molecule has 4 aromatic rings. The summed E-state index contributed by atoms with van der Waals surface area (Å²) >= 11 is 1.70. The van der Waals surface area contributed by atoms with Crippen LogP contribution in [0.3, 0.4) is 0 Å². The average molecular weight is 447 g/mol. The van der Waals surface area contributed by atoms with Crippen LogP contribution < -0.4 is 4.90 Å². The minimum atomic E-state index is 0.503. The molecule has 0 spiro atoms. The number of benzene rings is 1. The van der Waals surface area contributed by atoms with E-state index < -0.39 is 0 Å². The highest BCUT2D eigenvalue weighted by molar-refractivity contribution is 7.17. The summed E-state index contributed by atoms with van der Waals surface area (Å²) in [5.41, 5.74) is 2.44. The largest absolute Gasteiger partial charge is 0.355 e. The minimum Gasteiger partial charge on any atom is -0.355 e. The molecule has 0 atom stereocenters. The van der Waals surface area contributed by atoms with Gasteiger partial charge in [0.25, 0.3) is 0 Å². The van der Waals surface area contributed by atoms with Gasteiger partial charge in [-0.05, 0) is 31.7 Å². The van der Waals surface area contributed by atoms with E-state index in [1.54, 1.807) is 11.3 Å². The van der Waals surface area contributed by atoms with Crippen LogP contribution in [0.2, 0.25) is 0 Å². The first-order valence-electron chi connectivity index (χ1n) is 11.4. The molecule has 0 N–H and O–H groups in total. The molecule has 6 rings (SSSR count). The minimum absolute atomic E-state index is 0.503. The van der Waals surface area contributed by atoms with Crippen LogP contribution in [0.1, 0.15) is 42.7 Å². The van der Waals surface area contributed by atoms with Crippen molar-refractivity contribution in [3.63, 3.8) is 0 Å². The van der Waals surface area contributed by atoms with E-state index in [4.69, 9.17) is 14.5 Å². The van der Waals surface area contributed by atoms with Gasteiger partial charge in [-0.2, -0.15) is 4.98 Å². The van der Waals surface area contributed by atoms with Crippen molar-refractivity contribution in [2.75, 3.05) is 31.1 Å². The second-order valence-electron chi connectivity index (χ2n) is 8.73. The summed E-state index contributed by atoms with van der Waals surface area (Å²) in [5.74, 6) is 4.02. The Kier molecular flexibility index (Phi) is 5.11. The van der Waals surface area contributed by atoms with Crippen molar-refractivity contribution in [1.29, 1.82) is 0 Å². The quantitative estimate of drug-likeness (QED) is 0.442. The molecule has 8 heteroatoms. The molecule has 3 aromatic heterocycles. The second kappa shape index (κ2) is 8.26. The summed E-state index contributed by atoms with van der Waals surface area (Å²) < 4.78 is 5.45. The maximum atomic E-state index is 5.45. The fourth-order valence-electron chi connectivity index (χ4n) is 4.45. The van der Waals surface area contributed by atoms with Crippen LogP contribution in [0.25, 0.3) is 21.3 Å². The van der Waals surface area contributed by atoms with Crippen LogP contribution in [0.5, 0.6) is 0 Å². The molecule has 0 bridgehead atoms. The molecule has 1 saturated heterocycles. The summed E-state index contributed by atoms with van der Waals surface area (Å²) in [6.07, 6.45) is 3.43. The summed E-state index contributed by atoms with van der Waals surface area (Å²) in [7, 11) is 0. The first kappa shape index (κ1) is 19.8. The highest BCUT2D eigenvalue weighted by Gasteiger charge is 2.30. The predicted octanol–water partition coefficient (Wildman–Crippen LogP) is 4.64. The number of fused-ring (bicyclic) bond motifs is 1. The zero-order valence-corrected chi connectivity index (χ0v) is 19.0. The molecule has 164 valence electrons. The van der Waals surface area contributed by atoms with E-state index in [9.17, 15) is 0 Å². The second-order valence-corrected chi connectivity index (χ2v) is 9.59. The van der Waals surface area contributed by atoms with Crippen molar-refractivity contribution in [1.82, 2.24) is 25.0 Å². The Morgan fingerprint density at radius 1 is 1.03 bits per heavy atom. The first-order chi connectivity index (χ1) is 15.7. The van der Waals surface area contributed by atoms with Gasteiger partial charge < -0.3 is 9.42 Å². The van der Waals surface area contributed by atoms with Gasteiger partial charge in [-0.15, -0.1) is 11.3 Å². The Morgan fingerprint density at radius 2 is 1.91 bits per heavy atom. The molecule has 7 nitrogen and oxygen atoms in total.